The number of benzene rings is 1. The van der Waals surface area contributed by atoms with Gasteiger partial charge in [0.15, 0.2) is 5.65 Å². The SMILES string of the molecule is Fc1ccc(-c2nc3c(Cl)cccn3c2-c2ccnc(F)c2)cc1. The van der Waals surface area contributed by atoms with Crippen molar-refractivity contribution in [3.05, 3.63) is 77.7 Å². The molecule has 0 bridgehead atoms. The summed E-state index contributed by atoms with van der Waals surface area (Å²) in [5.41, 5.74) is 3.12. The highest BCUT2D eigenvalue weighted by Gasteiger charge is 2.18. The molecule has 0 spiro atoms. The maximum Gasteiger partial charge on any atom is 0.213 e. The molecule has 0 N–H and O–H groups in total. The van der Waals surface area contributed by atoms with Crippen LogP contribution in [-0.4, -0.2) is 14.4 Å². The van der Waals surface area contributed by atoms with Crippen LogP contribution in [-0.2, 0) is 0 Å². The zero-order chi connectivity index (χ0) is 16.7. The fraction of sp³-hybridized carbons (Fsp3) is 0. The molecule has 6 heteroatoms. The van der Waals surface area contributed by atoms with Gasteiger partial charge in [-0.1, -0.05) is 11.6 Å². The van der Waals surface area contributed by atoms with Crippen LogP contribution in [0, 0.1) is 11.8 Å². The van der Waals surface area contributed by atoms with E-state index in [2.05, 4.69) is 9.97 Å². The summed E-state index contributed by atoms with van der Waals surface area (Å²) in [5.74, 6) is -0.924. The largest absolute Gasteiger partial charge is 0.298 e. The van der Waals surface area contributed by atoms with Crippen molar-refractivity contribution in [3.63, 3.8) is 0 Å². The van der Waals surface area contributed by atoms with E-state index < -0.39 is 5.95 Å². The van der Waals surface area contributed by atoms with Crippen LogP contribution < -0.4 is 0 Å². The lowest BCUT2D eigenvalue weighted by molar-refractivity contribution is 0.584. The summed E-state index contributed by atoms with van der Waals surface area (Å²) in [6, 6.07) is 12.5. The molecule has 24 heavy (non-hydrogen) atoms. The molecule has 0 aliphatic carbocycles. The van der Waals surface area contributed by atoms with Crippen molar-refractivity contribution >= 4 is 17.2 Å². The quantitative estimate of drug-likeness (QED) is 0.480. The molecule has 0 unspecified atom stereocenters. The Morgan fingerprint density at radius 3 is 2.50 bits per heavy atom. The summed E-state index contributed by atoms with van der Waals surface area (Å²) in [6.45, 7) is 0. The van der Waals surface area contributed by atoms with Crippen LogP contribution in [0.3, 0.4) is 0 Å². The van der Waals surface area contributed by atoms with E-state index >= 15 is 0 Å². The fourth-order valence-electron chi connectivity index (χ4n) is 2.67. The number of imidazole rings is 1. The number of nitrogens with zero attached hydrogens (tertiary/aromatic N) is 3. The molecule has 4 rings (SSSR count). The summed E-state index contributed by atoms with van der Waals surface area (Å²) < 4.78 is 28.6. The Morgan fingerprint density at radius 2 is 1.75 bits per heavy atom. The molecule has 118 valence electrons. The predicted molar refractivity (Wildman–Crippen MR) is 88.8 cm³/mol. The van der Waals surface area contributed by atoms with Crippen LogP contribution in [0.1, 0.15) is 0 Å². The normalized spacial score (nSPS) is 11.1. The minimum Gasteiger partial charge on any atom is -0.298 e. The second kappa shape index (κ2) is 5.69. The van der Waals surface area contributed by atoms with Gasteiger partial charge in [0.05, 0.1) is 16.4 Å². The fourth-order valence-corrected chi connectivity index (χ4v) is 2.88. The van der Waals surface area contributed by atoms with Gasteiger partial charge >= 0.3 is 0 Å². The number of hydrogen-bond donors (Lipinski definition) is 0. The van der Waals surface area contributed by atoms with Gasteiger partial charge in [0.25, 0.3) is 0 Å². The van der Waals surface area contributed by atoms with Crippen molar-refractivity contribution < 1.29 is 8.78 Å². The topological polar surface area (TPSA) is 30.2 Å². The van der Waals surface area contributed by atoms with Crippen molar-refractivity contribution in [1.29, 1.82) is 0 Å². The first kappa shape index (κ1) is 14.8. The van der Waals surface area contributed by atoms with Crippen molar-refractivity contribution in [3.8, 4) is 22.5 Å². The monoisotopic (exact) mass is 341 g/mol. The zero-order valence-electron chi connectivity index (χ0n) is 12.2. The van der Waals surface area contributed by atoms with E-state index in [1.165, 1.54) is 24.4 Å². The van der Waals surface area contributed by atoms with Gasteiger partial charge in [-0.3, -0.25) is 4.40 Å². The van der Waals surface area contributed by atoms with E-state index in [1.54, 1.807) is 40.9 Å². The van der Waals surface area contributed by atoms with Gasteiger partial charge < -0.3 is 0 Å². The smallest absolute Gasteiger partial charge is 0.213 e. The van der Waals surface area contributed by atoms with Crippen molar-refractivity contribution in [2.24, 2.45) is 0 Å². The van der Waals surface area contributed by atoms with Crippen LogP contribution in [0.15, 0.2) is 60.9 Å². The van der Waals surface area contributed by atoms with Gasteiger partial charge in [0.1, 0.15) is 5.82 Å². The first-order valence-corrected chi connectivity index (χ1v) is 7.56. The van der Waals surface area contributed by atoms with Gasteiger partial charge in [0.2, 0.25) is 5.95 Å². The van der Waals surface area contributed by atoms with Crippen LogP contribution in [0.25, 0.3) is 28.2 Å². The maximum absolute atomic E-state index is 13.6. The molecule has 3 heterocycles. The Balaban J connectivity index is 2.07. The second-order valence-corrected chi connectivity index (χ2v) is 5.64. The van der Waals surface area contributed by atoms with E-state index in [1.807, 2.05) is 0 Å². The molecule has 0 fully saturated rings. The van der Waals surface area contributed by atoms with Gasteiger partial charge in [-0.2, -0.15) is 4.39 Å². The molecule has 3 aromatic heterocycles. The highest BCUT2D eigenvalue weighted by molar-refractivity contribution is 6.33. The lowest BCUT2D eigenvalue weighted by Crippen LogP contribution is -1.92. The first-order valence-electron chi connectivity index (χ1n) is 7.18. The number of rotatable bonds is 2. The summed E-state index contributed by atoms with van der Waals surface area (Å²) in [7, 11) is 0. The van der Waals surface area contributed by atoms with E-state index in [0.29, 0.717) is 33.2 Å². The van der Waals surface area contributed by atoms with E-state index in [0.717, 1.165) is 0 Å². The molecular weight excluding hydrogens is 332 g/mol. The Kier molecular flexibility index (Phi) is 3.50. The minimum absolute atomic E-state index is 0.336. The first-order chi connectivity index (χ1) is 11.6. The third-order valence-corrected chi connectivity index (χ3v) is 4.02. The molecule has 4 aromatic rings. The van der Waals surface area contributed by atoms with Crippen LogP contribution >= 0.6 is 11.6 Å². The van der Waals surface area contributed by atoms with E-state index in [-0.39, 0.29) is 5.82 Å². The number of hydrogen-bond acceptors (Lipinski definition) is 2. The molecule has 1 aromatic carbocycles. The van der Waals surface area contributed by atoms with Crippen LogP contribution in [0.5, 0.6) is 0 Å². The Morgan fingerprint density at radius 1 is 0.958 bits per heavy atom. The number of pyridine rings is 2. The number of aromatic nitrogens is 3. The number of halogens is 3. The van der Waals surface area contributed by atoms with Gasteiger partial charge in [-0.15, -0.1) is 0 Å². The molecule has 0 radical (unpaired) electrons. The number of fused-ring (bicyclic) bond motifs is 1. The van der Waals surface area contributed by atoms with E-state index in [4.69, 9.17) is 11.6 Å². The average molecular weight is 342 g/mol. The highest BCUT2D eigenvalue weighted by Crippen LogP contribution is 2.34. The van der Waals surface area contributed by atoms with E-state index in [9.17, 15) is 8.78 Å². The van der Waals surface area contributed by atoms with Gasteiger partial charge in [-0.25, -0.2) is 14.4 Å². The zero-order valence-corrected chi connectivity index (χ0v) is 13.0. The molecule has 0 aliphatic heterocycles. The predicted octanol–water partition coefficient (Wildman–Crippen LogP) is 4.99. The summed E-state index contributed by atoms with van der Waals surface area (Å²) in [6.07, 6.45) is 3.19. The summed E-state index contributed by atoms with van der Waals surface area (Å²) >= 11 is 6.24. The lowest BCUT2D eigenvalue weighted by atomic mass is 10.1. The summed E-state index contributed by atoms with van der Waals surface area (Å²) in [5, 5.41) is 0.474. The molecule has 0 aliphatic rings. The summed E-state index contributed by atoms with van der Waals surface area (Å²) in [4.78, 5) is 8.17. The highest BCUT2D eigenvalue weighted by atomic mass is 35.5. The molecule has 0 atom stereocenters. The van der Waals surface area contributed by atoms with Gasteiger partial charge in [-0.05, 0) is 42.5 Å². The maximum atomic E-state index is 13.6. The average Bonchev–Trinajstić information content (AvgIpc) is 2.96. The Hall–Kier alpha value is -2.79. The van der Waals surface area contributed by atoms with Gasteiger partial charge in [0, 0.05) is 29.6 Å². The second-order valence-electron chi connectivity index (χ2n) is 5.23. The van der Waals surface area contributed by atoms with Crippen LogP contribution in [0.4, 0.5) is 8.78 Å². The van der Waals surface area contributed by atoms with Crippen molar-refractivity contribution in [2.75, 3.05) is 0 Å². The van der Waals surface area contributed by atoms with Crippen LogP contribution in [0.2, 0.25) is 5.02 Å². The van der Waals surface area contributed by atoms with Crippen molar-refractivity contribution in [2.45, 2.75) is 0 Å². The third kappa shape index (κ3) is 2.43. The molecule has 0 saturated carbocycles. The van der Waals surface area contributed by atoms with Crippen molar-refractivity contribution in [1.82, 2.24) is 14.4 Å². The molecule has 0 saturated heterocycles. The molecule has 3 nitrogen and oxygen atoms in total. The Labute approximate surface area is 141 Å². The third-order valence-electron chi connectivity index (χ3n) is 3.72. The molecule has 0 amide bonds. The standard InChI is InChI=1S/C18H10ClF2N3/c19-14-2-1-9-24-17(12-7-8-22-15(21)10-12)16(23-18(14)24)11-3-5-13(20)6-4-11/h1-10H. The minimum atomic E-state index is -0.588. The molecular formula is C18H10ClF2N3. The lowest BCUT2D eigenvalue weighted by Gasteiger charge is -2.06. The Bertz CT molecular complexity index is 1040.